The van der Waals surface area contributed by atoms with E-state index in [1.165, 1.54) is 18.3 Å². The largest absolute Gasteiger partial charge is 0.416 e. The number of benzene rings is 1. The van der Waals surface area contributed by atoms with Crippen LogP contribution in [0.15, 0.2) is 55.0 Å². The minimum atomic E-state index is -4.72. The van der Waals surface area contributed by atoms with Gasteiger partial charge in [0.15, 0.2) is 11.6 Å². The molecular weight excluding hydrogens is 542 g/mol. The van der Waals surface area contributed by atoms with Gasteiger partial charge in [0, 0.05) is 49.1 Å². The molecule has 2 amide bonds. The summed E-state index contributed by atoms with van der Waals surface area (Å²) in [6.07, 6.45) is 3.01. The fourth-order valence-corrected chi connectivity index (χ4v) is 5.76. The van der Waals surface area contributed by atoms with E-state index in [0.717, 1.165) is 54.6 Å². The summed E-state index contributed by atoms with van der Waals surface area (Å²) in [5, 5.41) is 0. The van der Waals surface area contributed by atoms with E-state index in [-0.39, 0.29) is 46.4 Å². The van der Waals surface area contributed by atoms with Gasteiger partial charge in [0.2, 0.25) is 5.91 Å². The molecule has 0 aliphatic carbocycles. The van der Waals surface area contributed by atoms with E-state index in [1.54, 1.807) is 10.6 Å². The first-order chi connectivity index (χ1) is 19.6. The number of rotatable bonds is 4. The SMILES string of the molecule is Nc1nccn2c([C@H]3CC[C@@H]4CCCC(=O)N4C3)nc(N(C(=O)c3cccc(F)c3)c3cc(C(F)(F)F)ccn3)c12. The molecule has 13 heteroatoms. The molecule has 212 valence electrons. The lowest BCUT2D eigenvalue weighted by atomic mass is 9.87. The lowest BCUT2D eigenvalue weighted by Crippen LogP contribution is -2.48. The van der Waals surface area contributed by atoms with E-state index >= 15 is 0 Å². The second kappa shape index (κ2) is 10.1. The van der Waals surface area contributed by atoms with Gasteiger partial charge in [-0.2, -0.15) is 13.2 Å². The first-order valence-electron chi connectivity index (χ1n) is 13.2. The number of hydrogen-bond acceptors (Lipinski definition) is 6. The quantitative estimate of drug-likeness (QED) is 0.344. The third-order valence-corrected chi connectivity index (χ3v) is 7.70. The Morgan fingerprint density at radius 2 is 1.90 bits per heavy atom. The van der Waals surface area contributed by atoms with Crippen LogP contribution in [0.2, 0.25) is 0 Å². The van der Waals surface area contributed by atoms with Crippen molar-refractivity contribution in [1.29, 1.82) is 0 Å². The Balaban J connectivity index is 1.53. The van der Waals surface area contributed by atoms with Crippen molar-refractivity contribution in [2.24, 2.45) is 0 Å². The number of aromatic nitrogens is 4. The molecule has 0 spiro atoms. The second-order valence-corrected chi connectivity index (χ2v) is 10.2. The van der Waals surface area contributed by atoms with Crippen LogP contribution in [-0.2, 0) is 11.0 Å². The third kappa shape index (κ3) is 4.85. The number of pyridine rings is 1. The number of anilines is 3. The summed E-state index contributed by atoms with van der Waals surface area (Å²) in [6.45, 7) is 0.407. The van der Waals surface area contributed by atoms with Crippen LogP contribution in [0.5, 0.6) is 0 Å². The number of nitrogens with zero attached hydrogens (tertiary/aromatic N) is 6. The van der Waals surface area contributed by atoms with E-state index in [2.05, 4.69) is 9.97 Å². The van der Waals surface area contributed by atoms with Crippen molar-refractivity contribution in [2.45, 2.75) is 50.2 Å². The minimum absolute atomic E-state index is 0.0204. The first-order valence-corrected chi connectivity index (χ1v) is 13.2. The Morgan fingerprint density at radius 3 is 2.68 bits per heavy atom. The number of alkyl halides is 3. The molecule has 2 aliphatic heterocycles. The summed E-state index contributed by atoms with van der Waals surface area (Å²) < 4.78 is 56.8. The highest BCUT2D eigenvalue weighted by atomic mass is 19.4. The summed E-state index contributed by atoms with van der Waals surface area (Å²) in [5.74, 6) is -1.75. The van der Waals surface area contributed by atoms with Crippen LogP contribution in [0.4, 0.5) is 35.0 Å². The van der Waals surface area contributed by atoms with Gasteiger partial charge in [0.1, 0.15) is 23.0 Å². The van der Waals surface area contributed by atoms with Crippen molar-refractivity contribution < 1.29 is 27.2 Å². The fourth-order valence-electron chi connectivity index (χ4n) is 5.76. The Hall–Kier alpha value is -4.55. The topological polar surface area (TPSA) is 110 Å². The van der Waals surface area contributed by atoms with Crippen LogP contribution in [0.1, 0.15) is 59.8 Å². The molecule has 3 aromatic heterocycles. The average Bonchev–Trinajstić information content (AvgIpc) is 3.33. The Morgan fingerprint density at radius 1 is 1.07 bits per heavy atom. The maximum atomic E-state index is 14.1. The van der Waals surface area contributed by atoms with Crippen molar-refractivity contribution in [3.63, 3.8) is 0 Å². The molecule has 9 nitrogen and oxygen atoms in total. The van der Waals surface area contributed by atoms with Crippen LogP contribution in [-0.4, -0.2) is 48.7 Å². The van der Waals surface area contributed by atoms with Gasteiger partial charge >= 0.3 is 6.18 Å². The molecule has 0 bridgehead atoms. The number of nitrogen functional groups attached to an aromatic ring is 1. The number of hydrogen-bond donors (Lipinski definition) is 1. The molecule has 1 aromatic carbocycles. The summed E-state index contributed by atoms with van der Waals surface area (Å²) in [6, 6.07) is 6.46. The number of imidazole rings is 1. The predicted octanol–water partition coefficient (Wildman–Crippen LogP) is 5.10. The number of carbonyl (C=O) groups excluding carboxylic acids is 2. The van der Waals surface area contributed by atoms with Gasteiger partial charge in [-0.3, -0.25) is 14.0 Å². The zero-order valence-electron chi connectivity index (χ0n) is 21.7. The summed E-state index contributed by atoms with van der Waals surface area (Å²) in [5.41, 5.74) is 5.29. The lowest BCUT2D eigenvalue weighted by Gasteiger charge is -2.42. The monoisotopic (exact) mass is 567 g/mol. The highest BCUT2D eigenvalue weighted by Crippen LogP contribution is 2.40. The molecule has 2 saturated heterocycles. The first kappa shape index (κ1) is 26.7. The highest BCUT2D eigenvalue weighted by Gasteiger charge is 2.38. The molecular formula is C28H25F4N7O2. The average molecular weight is 568 g/mol. The molecule has 41 heavy (non-hydrogen) atoms. The smallest absolute Gasteiger partial charge is 0.382 e. The third-order valence-electron chi connectivity index (χ3n) is 7.70. The van der Waals surface area contributed by atoms with Crippen LogP contribution >= 0.6 is 0 Å². The predicted molar refractivity (Wildman–Crippen MR) is 141 cm³/mol. The molecule has 4 aromatic rings. The molecule has 6 rings (SSSR count). The van der Waals surface area contributed by atoms with Gasteiger partial charge in [-0.05, 0) is 56.0 Å². The summed E-state index contributed by atoms with van der Waals surface area (Å²) >= 11 is 0. The van der Waals surface area contributed by atoms with Crippen LogP contribution in [0.25, 0.3) is 5.52 Å². The normalized spacial score (nSPS) is 19.3. The Labute approximate surface area is 231 Å². The molecule has 2 N–H and O–H groups in total. The number of nitrogens with two attached hydrogens (primary N) is 1. The summed E-state index contributed by atoms with van der Waals surface area (Å²) in [7, 11) is 0. The van der Waals surface area contributed by atoms with Gasteiger partial charge < -0.3 is 10.6 Å². The molecule has 2 aliphatic rings. The van der Waals surface area contributed by atoms with Gasteiger partial charge in [-0.25, -0.2) is 24.2 Å². The van der Waals surface area contributed by atoms with E-state index < -0.39 is 23.5 Å². The fraction of sp³-hybridized carbons (Fsp3) is 0.321. The standard InChI is InChI=1S/C28H25F4N7O2/c29-19-4-1-3-16(13-19)27(41)39(21-14-18(9-10-34-21)28(30,31)32)26-23-24(33)35-11-12-37(23)25(36-26)17-7-8-20-5-2-6-22(40)38(20)15-17/h1,3-4,9-14,17,20H,2,5-8,15H2,(H2,33,35)/t17-,20-/m0/s1. The summed E-state index contributed by atoms with van der Waals surface area (Å²) in [4.78, 5) is 42.3. The minimum Gasteiger partial charge on any atom is -0.382 e. The molecule has 0 radical (unpaired) electrons. The molecule has 0 unspecified atom stereocenters. The van der Waals surface area contributed by atoms with Crippen LogP contribution < -0.4 is 10.6 Å². The molecule has 2 fully saturated rings. The van der Waals surface area contributed by atoms with Crippen LogP contribution in [0.3, 0.4) is 0 Å². The van der Waals surface area contributed by atoms with Crippen molar-refractivity contribution in [3.05, 3.63) is 77.8 Å². The van der Waals surface area contributed by atoms with Gasteiger partial charge in [0.25, 0.3) is 5.91 Å². The van der Waals surface area contributed by atoms with Crippen molar-refractivity contribution in [3.8, 4) is 0 Å². The van der Waals surface area contributed by atoms with E-state index in [9.17, 15) is 27.2 Å². The highest BCUT2D eigenvalue weighted by molar-refractivity contribution is 6.12. The molecule has 0 saturated carbocycles. The second-order valence-electron chi connectivity index (χ2n) is 10.2. The van der Waals surface area contributed by atoms with Gasteiger partial charge in [-0.1, -0.05) is 6.07 Å². The number of halogens is 4. The van der Waals surface area contributed by atoms with Gasteiger partial charge in [-0.15, -0.1) is 0 Å². The Bertz CT molecular complexity index is 1650. The van der Waals surface area contributed by atoms with Crippen molar-refractivity contribution in [1.82, 2.24) is 24.3 Å². The zero-order valence-corrected chi connectivity index (χ0v) is 21.7. The number of carbonyl (C=O) groups is 2. The number of piperidine rings is 2. The Kier molecular flexibility index (Phi) is 6.59. The van der Waals surface area contributed by atoms with E-state index in [1.807, 2.05) is 4.90 Å². The number of amides is 2. The van der Waals surface area contributed by atoms with Crippen LogP contribution in [0, 0.1) is 5.82 Å². The maximum Gasteiger partial charge on any atom is 0.416 e. The molecule has 2 atom stereocenters. The van der Waals surface area contributed by atoms with E-state index in [4.69, 9.17) is 10.7 Å². The molecule has 5 heterocycles. The van der Waals surface area contributed by atoms with Crippen molar-refractivity contribution in [2.75, 3.05) is 17.2 Å². The van der Waals surface area contributed by atoms with Gasteiger partial charge in [0.05, 0.1) is 5.56 Å². The maximum absolute atomic E-state index is 14.1. The number of fused-ring (bicyclic) bond motifs is 2. The van der Waals surface area contributed by atoms with Crippen molar-refractivity contribution >= 4 is 34.8 Å². The zero-order chi connectivity index (χ0) is 28.9. The lowest BCUT2D eigenvalue weighted by molar-refractivity contribution is -0.138. The van der Waals surface area contributed by atoms with E-state index in [0.29, 0.717) is 25.2 Å².